The van der Waals surface area contributed by atoms with Crippen molar-refractivity contribution in [3.63, 3.8) is 0 Å². The molecule has 1 fully saturated rings. The number of aromatic nitrogens is 1. The molecular weight excluding hydrogens is 234 g/mol. The highest BCUT2D eigenvalue weighted by atomic mass is 15.1. The van der Waals surface area contributed by atoms with Crippen molar-refractivity contribution in [1.29, 1.82) is 0 Å². The summed E-state index contributed by atoms with van der Waals surface area (Å²) in [7, 11) is 2.20. The summed E-state index contributed by atoms with van der Waals surface area (Å²) >= 11 is 0. The molecule has 106 valence electrons. The van der Waals surface area contributed by atoms with Gasteiger partial charge < -0.3 is 10.2 Å². The van der Waals surface area contributed by atoms with Gasteiger partial charge in [0.05, 0.1) is 5.69 Å². The summed E-state index contributed by atoms with van der Waals surface area (Å²) < 4.78 is 0. The van der Waals surface area contributed by atoms with Crippen molar-refractivity contribution in [3.8, 4) is 0 Å². The zero-order valence-corrected chi connectivity index (χ0v) is 12.4. The molecule has 0 atom stereocenters. The Hall–Kier alpha value is -0.930. The van der Waals surface area contributed by atoms with E-state index in [2.05, 4.69) is 47.4 Å². The Labute approximate surface area is 117 Å². The standard InChI is InChI=1S/C16H27N3/c1-14-5-3-7-16(18-14)13-19(2)12-4-6-15-8-10-17-11-9-15/h3,5,7,15,17H,4,6,8-13H2,1-2H3. The fraction of sp³-hybridized carbons (Fsp3) is 0.688. The fourth-order valence-corrected chi connectivity index (χ4v) is 2.86. The summed E-state index contributed by atoms with van der Waals surface area (Å²) in [6.07, 6.45) is 5.42. The second-order valence-corrected chi connectivity index (χ2v) is 5.84. The van der Waals surface area contributed by atoms with E-state index in [0.29, 0.717) is 0 Å². The second kappa shape index (κ2) is 7.61. The van der Waals surface area contributed by atoms with Gasteiger partial charge >= 0.3 is 0 Å². The number of nitrogens with zero attached hydrogens (tertiary/aromatic N) is 2. The van der Waals surface area contributed by atoms with Gasteiger partial charge in [0.1, 0.15) is 0 Å². The average Bonchev–Trinajstić information content (AvgIpc) is 2.40. The molecule has 2 rings (SSSR count). The third-order valence-corrected chi connectivity index (χ3v) is 3.99. The molecule has 0 unspecified atom stereocenters. The number of hydrogen-bond donors (Lipinski definition) is 1. The van der Waals surface area contributed by atoms with E-state index >= 15 is 0 Å². The first-order valence-electron chi connectivity index (χ1n) is 7.56. The Bertz CT molecular complexity index is 372. The van der Waals surface area contributed by atoms with Crippen molar-refractivity contribution in [3.05, 3.63) is 29.6 Å². The molecule has 0 amide bonds. The van der Waals surface area contributed by atoms with Gasteiger partial charge in [0, 0.05) is 12.2 Å². The van der Waals surface area contributed by atoms with E-state index in [4.69, 9.17) is 0 Å². The van der Waals surface area contributed by atoms with E-state index in [0.717, 1.165) is 18.2 Å². The Morgan fingerprint density at radius 2 is 2.11 bits per heavy atom. The van der Waals surface area contributed by atoms with Crippen LogP contribution in [0.1, 0.15) is 37.1 Å². The van der Waals surface area contributed by atoms with Gasteiger partial charge in [-0.15, -0.1) is 0 Å². The molecule has 0 aliphatic carbocycles. The maximum atomic E-state index is 4.56. The van der Waals surface area contributed by atoms with Crippen LogP contribution in [0.25, 0.3) is 0 Å². The maximum Gasteiger partial charge on any atom is 0.0547 e. The summed E-state index contributed by atoms with van der Waals surface area (Å²) in [4.78, 5) is 6.95. The number of aryl methyl sites for hydroxylation is 1. The SMILES string of the molecule is Cc1cccc(CN(C)CCCC2CCNCC2)n1. The van der Waals surface area contributed by atoms with Crippen LogP contribution in [-0.2, 0) is 6.54 Å². The van der Waals surface area contributed by atoms with Gasteiger partial charge in [-0.05, 0) is 77.3 Å². The minimum absolute atomic E-state index is 0.951. The number of piperidine rings is 1. The molecule has 3 heteroatoms. The molecule has 1 saturated heterocycles. The van der Waals surface area contributed by atoms with Crippen LogP contribution in [0.5, 0.6) is 0 Å². The topological polar surface area (TPSA) is 28.2 Å². The number of nitrogens with one attached hydrogen (secondary N) is 1. The highest BCUT2D eigenvalue weighted by Crippen LogP contribution is 2.17. The third-order valence-electron chi connectivity index (χ3n) is 3.99. The average molecular weight is 261 g/mol. The minimum Gasteiger partial charge on any atom is -0.317 e. The largest absolute Gasteiger partial charge is 0.317 e. The van der Waals surface area contributed by atoms with Crippen LogP contribution >= 0.6 is 0 Å². The lowest BCUT2D eigenvalue weighted by molar-refractivity contribution is 0.283. The van der Waals surface area contributed by atoms with Gasteiger partial charge in [0.25, 0.3) is 0 Å². The molecule has 1 aliphatic heterocycles. The zero-order chi connectivity index (χ0) is 13.5. The van der Waals surface area contributed by atoms with Gasteiger partial charge in [-0.3, -0.25) is 4.98 Å². The van der Waals surface area contributed by atoms with Crippen LogP contribution < -0.4 is 5.32 Å². The predicted molar refractivity (Wildman–Crippen MR) is 80.1 cm³/mol. The molecule has 1 aromatic heterocycles. The molecule has 0 spiro atoms. The van der Waals surface area contributed by atoms with Crippen molar-refractivity contribution < 1.29 is 0 Å². The summed E-state index contributed by atoms with van der Waals surface area (Å²) in [6, 6.07) is 6.28. The number of hydrogen-bond acceptors (Lipinski definition) is 3. The smallest absolute Gasteiger partial charge is 0.0547 e. The molecule has 0 saturated carbocycles. The highest BCUT2D eigenvalue weighted by molar-refractivity contribution is 5.09. The normalized spacial score (nSPS) is 17.0. The minimum atomic E-state index is 0.951. The van der Waals surface area contributed by atoms with Crippen LogP contribution in [0.2, 0.25) is 0 Å². The quantitative estimate of drug-likeness (QED) is 0.853. The first-order chi connectivity index (χ1) is 9.24. The highest BCUT2D eigenvalue weighted by Gasteiger charge is 2.12. The van der Waals surface area contributed by atoms with Crippen LogP contribution in [0.15, 0.2) is 18.2 Å². The Balaban J connectivity index is 1.65. The molecule has 1 aliphatic rings. The van der Waals surface area contributed by atoms with Crippen molar-refractivity contribution in [2.45, 2.75) is 39.2 Å². The van der Waals surface area contributed by atoms with E-state index in [1.165, 1.54) is 51.0 Å². The van der Waals surface area contributed by atoms with Crippen LogP contribution in [-0.4, -0.2) is 36.6 Å². The molecule has 2 heterocycles. The lowest BCUT2D eigenvalue weighted by Crippen LogP contribution is -2.28. The van der Waals surface area contributed by atoms with E-state index in [9.17, 15) is 0 Å². The van der Waals surface area contributed by atoms with Crippen LogP contribution in [0.4, 0.5) is 0 Å². The molecule has 19 heavy (non-hydrogen) atoms. The van der Waals surface area contributed by atoms with E-state index in [1.807, 2.05) is 0 Å². The van der Waals surface area contributed by atoms with Gasteiger partial charge in [0.15, 0.2) is 0 Å². The van der Waals surface area contributed by atoms with Crippen LogP contribution in [0, 0.1) is 12.8 Å². The monoisotopic (exact) mass is 261 g/mol. The van der Waals surface area contributed by atoms with Crippen LogP contribution in [0.3, 0.4) is 0 Å². The fourth-order valence-electron chi connectivity index (χ4n) is 2.86. The Kier molecular flexibility index (Phi) is 5.80. The van der Waals surface area contributed by atoms with Crippen molar-refractivity contribution >= 4 is 0 Å². The van der Waals surface area contributed by atoms with E-state index in [1.54, 1.807) is 0 Å². The van der Waals surface area contributed by atoms with Gasteiger partial charge in [0.2, 0.25) is 0 Å². The summed E-state index contributed by atoms with van der Waals surface area (Å²) in [5.74, 6) is 0.951. The Morgan fingerprint density at radius 1 is 1.32 bits per heavy atom. The molecule has 3 nitrogen and oxygen atoms in total. The van der Waals surface area contributed by atoms with Gasteiger partial charge in [-0.1, -0.05) is 6.07 Å². The molecule has 0 radical (unpaired) electrons. The first kappa shape index (κ1) is 14.5. The summed E-state index contributed by atoms with van der Waals surface area (Å²) in [5.41, 5.74) is 2.30. The Morgan fingerprint density at radius 3 is 2.84 bits per heavy atom. The van der Waals surface area contributed by atoms with Crippen molar-refractivity contribution in [1.82, 2.24) is 15.2 Å². The molecular formula is C16H27N3. The molecule has 0 aromatic carbocycles. The first-order valence-corrected chi connectivity index (χ1v) is 7.56. The number of rotatable bonds is 6. The van der Waals surface area contributed by atoms with E-state index < -0.39 is 0 Å². The lowest BCUT2D eigenvalue weighted by atomic mass is 9.93. The second-order valence-electron chi connectivity index (χ2n) is 5.84. The lowest BCUT2D eigenvalue weighted by Gasteiger charge is -2.23. The molecule has 1 aromatic rings. The van der Waals surface area contributed by atoms with Crippen molar-refractivity contribution in [2.75, 3.05) is 26.7 Å². The van der Waals surface area contributed by atoms with Gasteiger partial charge in [-0.2, -0.15) is 0 Å². The predicted octanol–water partition coefficient (Wildman–Crippen LogP) is 2.60. The summed E-state index contributed by atoms with van der Waals surface area (Å²) in [5, 5.41) is 3.43. The van der Waals surface area contributed by atoms with Gasteiger partial charge in [-0.25, -0.2) is 0 Å². The molecule has 0 bridgehead atoms. The van der Waals surface area contributed by atoms with E-state index in [-0.39, 0.29) is 0 Å². The molecule has 1 N–H and O–H groups in total. The third kappa shape index (κ3) is 5.29. The maximum absolute atomic E-state index is 4.56. The number of pyridine rings is 1. The van der Waals surface area contributed by atoms with Crippen molar-refractivity contribution in [2.24, 2.45) is 5.92 Å². The summed E-state index contributed by atoms with van der Waals surface area (Å²) in [6.45, 7) is 6.63. The zero-order valence-electron chi connectivity index (χ0n) is 12.4.